The molecule has 0 N–H and O–H groups in total. The van der Waals surface area contributed by atoms with Crippen LogP contribution >= 0.6 is 11.3 Å². The Labute approximate surface area is 160 Å². The number of para-hydroxylation sites is 1. The van der Waals surface area contributed by atoms with Crippen molar-refractivity contribution in [3.63, 3.8) is 0 Å². The van der Waals surface area contributed by atoms with E-state index in [2.05, 4.69) is 23.1 Å². The zero-order valence-electron chi connectivity index (χ0n) is 15.3. The Morgan fingerprint density at radius 3 is 2.54 bits per heavy atom. The molecule has 7 heteroatoms. The van der Waals surface area contributed by atoms with Gasteiger partial charge in [0.15, 0.2) is 5.13 Å². The zero-order chi connectivity index (χ0) is 18.1. The summed E-state index contributed by atoms with van der Waals surface area (Å²) in [7, 11) is -3.12. The van der Waals surface area contributed by atoms with Crippen LogP contribution < -0.4 is 4.90 Å². The van der Waals surface area contributed by atoms with Crippen LogP contribution in [0.5, 0.6) is 0 Å². The third-order valence-electron chi connectivity index (χ3n) is 5.81. The number of benzene rings is 1. The summed E-state index contributed by atoms with van der Waals surface area (Å²) in [5.41, 5.74) is 1.07. The zero-order valence-corrected chi connectivity index (χ0v) is 16.9. The van der Waals surface area contributed by atoms with E-state index < -0.39 is 10.0 Å². The van der Waals surface area contributed by atoms with Crippen molar-refractivity contribution < 1.29 is 8.42 Å². The van der Waals surface area contributed by atoms with Crippen molar-refractivity contribution in [1.82, 2.24) is 9.29 Å². The van der Waals surface area contributed by atoms with Gasteiger partial charge in [-0.15, -0.1) is 0 Å². The van der Waals surface area contributed by atoms with E-state index in [4.69, 9.17) is 4.98 Å². The maximum atomic E-state index is 12.3. The summed E-state index contributed by atoms with van der Waals surface area (Å²) in [5.74, 6) is 0.466. The van der Waals surface area contributed by atoms with Crippen molar-refractivity contribution in [2.75, 3.05) is 30.8 Å². The summed E-state index contributed by atoms with van der Waals surface area (Å²) < 4.78 is 27.6. The van der Waals surface area contributed by atoms with Crippen LogP contribution in [0.3, 0.4) is 0 Å². The van der Waals surface area contributed by atoms with Crippen LogP contribution in [0.1, 0.15) is 38.5 Å². The molecule has 1 unspecified atom stereocenters. The number of piperidine rings is 1. The monoisotopic (exact) mass is 393 g/mol. The summed E-state index contributed by atoms with van der Waals surface area (Å²) >= 11 is 1.76. The van der Waals surface area contributed by atoms with Gasteiger partial charge in [-0.2, -0.15) is 4.31 Å². The number of thiazole rings is 1. The van der Waals surface area contributed by atoms with E-state index in [-0.39, 0.29) is 6.04 Å². The maximum absolute atomic E-state index is 12.3. The summed E-state index contributed by atoms with van der Waals surface area (Å²) in [5, 5.41) is 1.10. The lowest BCUT2D eigenvalue weighted by molar-refractivity contribution is 0.207. The van der Waals surface area contributed by atoms with Gasteiger partial charge in [0, 0.05) is 25.7 Å². The van der Waals surface area contributed by atoms with Crippen molar-refractivity contribution >= 4 is 36.7 Å². The fourth-order valence-corrected chi connectivity index (χ4v) is 6.71. The molecule has 0 radical (unpaired) electrons. The second-order valence-electron chi connectivity index (χ2n) is 7.58. The van der Waals surface area contributed by atoms with Gasteiger partial charge in [-0.25, -0.2) is 13.4 Å². The SMILES string of the molecule is CS(=O)(=O)N1CCCCCC1C1CCN(c2nc3ccccc3s2)CC1. The first-order valence-corrected chi connectivity index (χ1v) is 12.3. The molecule has 0 aliphatic carbocycles. The molecule has 0 spiro atoms. The Bertz CT molecular complexity index is 824. The standard InChI is InChI=1S/C19H27N3O2S2/c1-26(23,24)22-12-6-2-3-8-17(22)15-10-13-21(14-11-15)19-20-16-7-4-5-9-18(16)25-19/h4-5,7,9,15,17H,2-3,6,8,10-14H2,1H3. The lowest BCUT2D eigenvalue weighted by Crippen LogP contribution is -2.47. The molecule has 2 fully saturated rings. The Kier molecular flexibility index (Phi) is 5.21. The summed E-state index contributed by atoms with van der Waals surface area (Å²) in [6, 6.07) is 8.47. The van der Waals surface area contributed by atoms with Crippen LogP contribution in [0.25, 0.3) is 10.2 Å². The minimum absolute atomic E-state index is 0.185. The van der Waals surface area contributed by atoms with Crippen molar-refractivity contribution in [3.05, 3.63) is 24.3 Å². The second-order valence-corrected chi connectivity index (χ2v) is 10.5. The first kappa shape index (κ1) is 18.2. The fourth-order valence-electron chi connectivity index (χ4n) is 4.46. The molecule has 142 valence electrons. The van der Waals surface area contributed by atoms with Crippen LogP contribution in [0.4, 0.5) is 5.13 Å². The van der Waals surface area contributed by atoms with Crippen LogP contribution in [0, 0.1) is 5.92 Å². The minimum atomic E-state index is -3.12. The van der Waals surface area contributed by atoms with Gasteiger partial charge in [-0.3, -0.25) is 0 Å². The van der Waals surface area contributed by atoms with Gasteiger partial charge in [0.2, 0.25) is 10.0 Å². The molecule has 1 aromatic carbocycles. The number of hydrogen-bond donors (Lipinski definition) is 0. The van der Waals surface area contributed by atoms with E-state index in [0.29, 0.717) is 12.5 Å². The van der Waals surface area contributed by atoms with Gasteiger partial charge < -0.3 is 4.90 Å². The Morgan fingerprint density at radius 1 is 1.04 bits per heavy atom. The second kappa shape index (κ2) is 7.44. The number of anilines is 1. The Morgan fingerprint density at radius 2 is 1.81 bits per heavy atom. The van der Waals surface area contributed by atoms with Crippen molar-refractivity contribution in [3.8, 4) is 0 Å². The highest BCUT2D eigenvalue weighted by Crippen LogP contribution is 2.35. The average molecular weight is 394 g/mol. The Balaban J connectivity index is 1.46. The molecule has 0 amide bonds. The normalized spacial score (nSPS) is 24.0. The first-order chi connectivity index (χ1) is 12.5. The van der Waals surface area contributed by atoms with Gasteiger partial charge >= 0.3 is 0 Å². The highest BCUT2D eigenvalue weighted by atomic mass is 32.2. The number of rotatable bonds is 3. The van der Waals surface area contributed by atoms with Crippen LogP contribution in [-0.2, 0) is 10.0 Å². The third-order valence-corrected chi connectivity index (χ3v) is 8.21. The molecule has 26 heavy (non-hydrogen) atoms. The maximum Gasteiger partial charge on any atom is 0.211 e. The van der Waals surface area contributed by atoms with Gasteiger partial charge in [-0.05, 0) is 43.7 Å². The van der Waals surface area contributed by atoms with E-state index in [0.717, 1.165) is 62.3 Å². The molecular weight excluding hydrogens is 366 g/mol. The van der Waals surface area contributed by atoms with Crippen LogP contribution in [0.2, 0.25) is 0 Å². The molecule has 2 aromatic rings. The number of hydrogen-bond acceptors (Lipinski definition) is 5. The van der Waals surface area contributed by atoms with E-state index >= 15 is 0 Å². The molecule has 2 aliphatic rings. The van der Waals surface area contributed by atoms with Gasteiger partial charge in [0.25, 0.3) is 0 Å². The lowest BCUT2D eigenvalue weighted by atomic mass is 9.87. The molecule has 1 aromatic heterocycles. The van der Waals surface area contributed by atoms with Crippen LogP contribution in [0.15, 0.2) is 24.3 Å². The average Bonchev–Trinajstić information content (AvgIpc) is 2.89. The molecule has 2 saturated heterocycles. The quantitative estimate of drug-likeness (QED) is 0.798. The molecular formula is C19H27N3O2S2. The van der Waals surface area contributed by atoms with E-state index in [1.54, 1.807) is 15.6 Å². The van der Waals surface area contributed by atoms with Gasteiger partial charge in [0.1, 0.15) is 0 Å². The number of fused-ring (bicyclic) bond motifs is 1. The summed E-state index contributed by atoms with van der Waals surface area (Å²) in [6.45, 7) is 2.64. The fraction of sp³-hybridized carbons (Fsp3) is 0.632. The molecule has 0 bridgehead atoms. The van der Waals surface area contributed by atoms with Crippen molar-refractivity contribution in [2.45, 2.75) is 44.6 Å². The van der Waals surface area contributed by atoms with Crippen molar-refractivity contribution in [2.24, 2.45) is 5.92 Å². The third kappa shape index (κ3) is 3.75. The number of sulfonamides is 1. The van der Waals surface area contributed by atoms with Crippen LogP contribution in [-0.4, -0.2) is 49.6 Å². The van der Waals surface area contributed by atoms with E-state index in [1.165, 1.54) is 11.0 Å². The first-order valence-electron chi connectivity index (χ1n) is 9.60. The smallest absolute Gasteiger partial charge is 0.211 e. The molecule has 3 heterocycles. The number of aromatic nitrogens is 1. The highest BCUT2D eigenvalue weighted by molar-refractivity contribution is 7.88. The molecule has 4 rings (SSSR count). The molecule has 2 aliphatic heterocycles. The lowest BCUT2D eigenvalue weighted by Gasteiger charge is -2.39. The molecule has 1 atom stereocenters. The van der Waals surface area contributed by atoms with E-state index in [9.17, 15) is 8.42 Å². The minimum Gasteiger partial charge on any atom is -0.348 e. The molecule has 0 saturated carbocycles. The predicted molar refractivity (Wildman–Crippen MR) is 108 cm³/mol. The van der Waals surface area contributed by atoms with E-state index in [1.807, 2.05) is 6.07 Å². The van der Waals surface area contributed by atoms with Crippen molar-refractivity contribution in [1.29, 1.82) is 0 Å². The van der Waals surface area contributed by atoms with Gasteiger partial charge in [0.05, 0.1) is 16.5 Å². The topological polar surface area (TPSA) is 53.5 Å². The highest BCUT2D eigenvalue weighted by Gasteiger charge is 2.35. The van der Waals surface area contributed by atoms with Gasteiger partial charge in [-0.1, -0.05) is 36.3 Å². The summed E-state index contributed by atoms with van der Waals surface area (Å²) in [6.07, 6.45) is 7.77. The Hall–Kier alpha value is -1.18. The predicted octanol–water partition coefficient (Wildman–Crippen LogP) is 3.72. The summed E-state index contributed by atoms with van der Waals surface area (Å²) in [4.78, 5) is 7.16. The molecule has 5 nitrogen and oxygen atoms in total. The largest absolute Gasteiger partial charge is 0.348 e. The number of nitrogens with zero attached hydrogens (tertiary/aromatic N) is 3.